The molecule has 1 unspecified atom stereocenters. The number of hydrogen-bond donors (Lipinski definition) is 2. The van der Waals surface area contributed by atoms with E-state index < -0.39 is 0 Å². The summed E-state index contributed by atoms with van der Waals surface area (Å²) in [6.45, 7) is 7.40. The number of aliphatic hydroxyl groups is 1. The highest BCUT2D eigenvalue weighted by Crippen LogP contribution is 2.23. The van der Waals surface area contributed by atoms with Gasteiger partial charge < -0.3 is 15.3 Å². The van der Waals surface area contributed by atoms with Crippen LogP contribution in [0.3, 0.4) is 0 Å². The standard InChI is InChI=1S/C14H23ClN2O/c1-10(2)16-8-12-7-13(15)5-6-14(12)17(4)9-11(3)18/h5-7,10-11,16,18H,8-9H2,1-4H3. The van der Waals surface area contributed by atoms with E-state index in [0.29, 0.717) is 12.6 Å². The highest BCUT2D eigenvalue weighted by molar-refractivity contribution is 6.30. The van der Waals surface area contributed by atoms with Crippen molar-refractivity contribution in [3.63, 3.8) is 0 Å². The zero-order valence-electron chi connectivity index (χ0n) is 11.6. The minimum atomic E-state index is -0.350. The molecular weight excluding hydrogens is 248 g/mol. The smallest absolute Gasteiger partial charge is 0.0686 e. The highest BCUT2D eigenvalue weighted by atomic mass is 35.5. The number of benzene rings is 1. The first-order valence-corrected chi connectivity index (χ1v) is 6.69. The normalized spacial score (nSPS) is 12.8. The quantitative estimate of drug-likeness (QED) is 0.834. The molecule has 0 spiro atoms. The SMILES string of the molecule is CC(O)CN(C)c1ccc(Cl)cc1CNC(C)C. The largest absolute Gasteiger partial charge is 0.392 e. The first-order chi connectivity index (χ1) is 8.40. The van der Waals surface area contributed by atoms with Gasteiger partial charge in [-0.1, -0.05) is 25.4 Å². The Morgan fingerprint density at radius 1 is 1.33 bits per heavy atom. The third kappa shape index (κ3) is 4.84. The number of aliphatic hydroxyl groups excluding tert-OH is 1. The molecule has 0 saturated heterocycles. The average molecular weight is 271 g/mol. The van der Waals surface area contributed by atoms with E-state index in [1.807, 2.05) is 25.2 Å². The van der Waals surface area contributed by atoms with Crippen LogP contribution in [0.25, 0.3) is 0 Å². The first-order valence-electron chi connectivity index (χ1n) is 6.31. The second kappa shape index (κ2) is 6.98. The molecule has 1 aromatic carbocycles. The summed E-state index contributed by atoms with van der Waals surface area (Å²) in [5.41, 5.74) is 2.26. The van der Waals surface area contributed by atoms with Crippen molar-refractivity contribution in [3.05, 3.63) is 28.8 Å². The van der Waals surface area contributed by atoms with E-state index in [4.69, 9.17) is 11.6 Å². The highest BCUT2D eigenvalue weighted by Gasteiger charge is 2.10. The Bertz CT molecular complexity index is 380. The summed E-state index contributed by atoms with van der Waals surface area (Å²) in [5.74, 6) is 0. The van der Waals surface area contributed by atoms with E-state index >= 15 is 0 Å². The maximum atomic E-state index is 9.46. The molecule has 3 nitrogen and oxygen atoms in total. The van der Waals surface area contributed by atoms with Crippen molar-refractivity contribution in [1.29, 1.82) is 0 Å². The van der Waals surface area contributed by atoms with Crippen LogP contribution in [0.15, 0.2) is 18.2 Å². The lowest BCUT2D eigenvalue weighted by molar-refractivity contribution is 0.201. The molecule has 0 radical (unpaired) electrons. The van der Waals surface area contributed by atoms with Gasteiger partial charge in [0.1, 0.15) is 0 Å². The van der Waals surface area contributed by atoms with Gasteiger partial charge in [-0.2, -0.15) is 0 Å². The fourth-order valence-electron chi connectivity index (χ4n) is 1.88. The molecular formula is C14H23ClN2O. The van der Waals surface area contributed by atoms with Crippen LogP contribution in [0.2, 0.25) is 5.02 Å². The van der Waals surface area contributed by atoms with Crippen molar-refractivity contribution in [2.24, 2.45) is 0 Å². The Hall–Kier alpha value is -0.770. The third-order valence-corrected chi connectivity index (χ3v) is 2.93. The summed E-state index contributed by atoms with van der Waals surface area (Å²) in [6.07, 6.45) is -0.350. The Balaban J connectivity index is 2.88. The van der Waals surface area contributed by atoms with E-state index in [2.05, 4.69) is 24.1 Å². The van der Waals surface area contributed by atoms with Gasteiger partial charge in [0.05, 0.1) is 6.10 Å². The van der Waals surface area contributed by atoms with Crippen molar-refractivity contribution in [3.8, 4) is 0 Å². The molecule has 0 fully saturated rings. The van der Waals surface area contributed by atoms with Gasteiger partial charge in [0.15, 0.2) is 0 Å². The maximum absolute atomic E-state index is 9.46. The molecule has 0 bridgehead atoms. The van der Waals surface area contributed by atoms with E-state index in [-0.39, 0.29) is 6.10 Å². The molecule has 0 amide bonds. The van der Waals surface area contributed by atoms with E-state index in [9.17, 15) is 5.11 Å². The fourth-order valence-corrected chi connectivity index (χ4v) is 2.07. The third-order valence-electron chi connectivity index (χ3n) is 2.69. The van der Waals surface area contributed by atoms with Crippen LogP contribution < -0.4 is 10.2 Å². The lowest BCUT2D eigenvalue weighted by Gasteiger charge is -2.24. The Labute approximate surface area is 115 Å². The zero-order chi connectivity index (χ0) is 13.7. The van der Waals surface area contributed by atoms with Gasteiger partial charge in [-0.3, -0.25) is 0 Å². The molecule has 1 atom stereocenters. The summed E-state index contributed by atoms with van der Waals surface area (Å²) in [5, 5.41) is 13.6. The molecule has 1 rings (SSSR count). The Morgan fingerprint density at radius 2 is 2.00 bits per heavy atom. The monoisotopic (exact) mass is 270 g/mol. The van der Waals surface area contributed by atoms with Crippen LogP contribution in [0, 0.1) is 0 Å². The number of nitrogens with zero attached hydrogens (tertiary/aromatic N) is 1. The minimum absolute atomic E-state index is 0.350. The number of hydrogen-bond acceptors (Lipinski definition) is 3. The zero-order valence-corrected chi connectivity index (χ0v) is 12.3. The number of likely N-dealkylation sites (N-methyl/N-ethyl adjacent to an activating group) is 1. The molecule has 102 valence electrons. The van der Waals surface area contributed by atoms with Crippen LogP contribution in [-0.4, -0.2) is 30.8 Å². The summed E-state index contributed by atoms with van der Waals surface area (Å²) < 4.78 is 0. The van der Waals surface area contributed by atoms with Crippen molar-refractivity contribution in [1.82, 2.24) is 5.32 Å². The van der Waals surface area contributed by atoms with E-state index in [0.717, 1.165) is 22.8 Å². The van der Waals surface area contributed by atoms with Crippen LogP contribution in [-0.2, 0) is 6.54 Å². The second-order valence-corrected chi connectivity index (χ2v) is 5.47. The van der Waals surface area contributed by atoms with Crippen molar-refractivity contribution in [2.45, 2.75) is 39.5 Å². The van der Waals surface area contributed by atoms with Crippen LogP contribution >= 0.6 is 11.6 Å². The number of anilines is 1. The average Bonchev–Trinajstić information content (AvgIpc) is 2.25. The molecule has 0 aliphatic carbocycles. The number of halogens is 1. The molecule has 0 aromatic heterocycles. The van der Waals surface area contributed by atoms with E-state index in [1.54, 1.807) is 6.92 Å². The predicted octanol–water partition coefficient (Wildman–Crippen LogP) is 2.66. The molecule has 0 aliphatic rings. The molecule has 0 aliphatic heterocycles. The van der Waals surface area contributed by atoms with Crippen LogP contribution in [0.5, 0.6) is 0 Å². The topological polar surface area (TPSA) is 35.5 Å². The Kier molecular flexibility index (Phi) is 5.93. The van der Waals surface area contributed by atoms with Crippen LogP contribution in [0.4, 0.5) is 5.69 Å². The molecule has 4 heteroatoms. The van der Waals surface area contributed by atoms with Gasteiger partial charge in [-0.05, 0) is 30.7 Å². The lowest BCUT2D eigenvalue weighted by Crippen LogP contribution is -2.29. The van der Waals surface area contributed by atoms with Gasteiger partial charge in [0.25, 0.3) is 0 Å². The first kappa shape index (κ1) is 15.3. The van der Waals surface area contributed by atoms with Gasteiger partial charge in [-0.15, -0.1) is 0 Å². The number of rotatable bonds is 6. The molecule has 18 heavy (non-hydrogen) atoms. The molecule has 0 saturated carbocycles. The number of nitrogens with one attached hydrogen (secondary N) is 1. The summed E-state index contributed by atoms with van der Waals surface area (Å²) in [6, 6.07) is 6.29. The summed E-state index contributed by atoms with van der Waals surface area (Å²) in [7, 11) is 1.98. The van der Waals surface area contributed by atoms with E-state index in [1.165, 1.54) is 0 Å². The lowest BCUT2D eigenvalue weighted by atomic mass is 10.1. The summed E-state index contributed by atoms with van der Waals surface area (Å²) >= 11 is 6.05. The fraction of sp³-hybridized carbons (Fsp3) is 0.571. The molecule has 1 aromatic rings. The molecule has 0 heterocycles. The second-order valence-electron chi connectivity index (χ2n) is 5.04. The van der Waals surface area contributed by atoms with Gasteiger partial charge in [0, 0.05) is 36.9 Å². The molecule has 2 N–H and O–H groups in total. The van der Waals surface area contributed by atoms with Gasteiger partial charge >= 0.3 is 0 Å². The maximum Gasteiger partial charge on any atom is 0.0686 e. The van der Waals surface area contributed by atoms with Gasteiger partial charge in [-0.25, -0.2) is 0 Å². The van der Waals surface area contributed by atoms with Crippen molar-refractivity contribution < 1.29 is 5.11 Å². The Morgan fingerprint density at radius 3 is 2.56 bits per heavy atom. The van der Waals surface area contributed by atoms with Crippen LogP contribution in [0.1, 0.15) is 26.3 Å². The predicted molar refractivity (Wildman–Crippen MR) is 78.4 cm³/mol. The minimum Gasteiger partial charge on any atom is -0.392 e. The van der Waals surface area contributed by atoms with Crippen molar-refractivity contribution >= 4 is 17.3 Å². The van der Waals surface area contributed by atoms with Gasteiger partial charge in [0.2, 0.25) is 0 Å². The van der Waals surface area contributed by atoms with Crippen molar-refractivity contribution in [2.75, 3.05) is 18.5 Å². The summed E-state index contributed by atoms with van der Waals surface area (Å²) in [4.78, 5) is 2.05.